The summed E-state index contributed by atoms with van der Waals surface area (Å²) in [6.45, 7) is 0. The number of hydrogen-bond acceptors (Lipinski definition) is 4. The molecular formula is C12H11NO3. The first-order valence-corrected chi connectivity index (χ1v) is 5.09. The third-order valence-electron chi connectivity index (χ3n) is 2.42. The molecule has 1 heterocycles. The molecule has 0 radical (unpaired) electrons. The Hall–Kier alpha value is -1.86. The van der Waals surface area contributed by atoms with Gasteiger partial charge in [-0.25, -0.2) is 0 Å². The first-order chi connectivity index (χ1) is 7.81. The molecule has 0 N–H and O–H groups in total. The van der Waals surface area contributed by atoms with Gasteiger partial charge in [0.15, 0.2) is 0 Å². The highest BCUT2D eigenvalue weighted by Crippen LogP contribution is 2.22. The quantitative estimate of drug-likeness (QED) is 0.722. The molecule has 0 spiro atoms. The summed E-state index contributed by atoms with van der Waals surface area (Å²) in [5.41, 5.74) is 0.588. The molecule has 1 aliphatic heterocycles. The van der Waals surface area contributed by atoms with Crippen molar-refractivity contribution in [1.82, 2.24) is 0 Å². The van der Waals surface area contributed by atoms with Gasteiger partial charge in [0.2, 0.25) is 6.29 Å². The van der Waals surface area contributed by atoms with Gasteiger partial charge < -0.3 is 14.3 Å². The van der Waals surface area contributed by atoms with Gasteiger partial charge in [0.25, 0.3) is 0 Å². The highest BCUT2D eigenvalue weighted by atomic mass is 16.7. The van der Waals surface area contributed by atoms with Crippen molar-refractivity contribution < 1.29 is 14.3 Å². The second-order valence-electron chi connectivity index (χ2n) is 3.57. The van der Waals surface area contributed by atoms with Crippen molar-refractivity contribution in [3.63, 3.8) is 0 Å². The monoisotopic (exact) mass is 217 g/mol. The topological polar surface area (TPSA) is 59.3 Å². The van der Waals surface area contributed by atoms with Gasteiger partial charge in [0.1, 0.15) is 18.1 Å². The number of aldehydes is 1. The van der Waals surface area contributed by atoms with Crippen molar-refractivity contribution >= 4 is 6.29 Å². The van der Waals surface area contributed by atoms with E-state index in [-0.39, 0.29) is 12.4 Å². The number of hydrogen-bond donors (Lipinski definition) is 0. The lowest BCUT2D eigenvalue weighted by atomic mass is 10.2. The van der Waals surface area contributed by atoms with Crippen LogP contribution in [0.1, 0.15) is 18.4 Å². The molecule has 0 bridgehead atoms. The number of carbonyl (C=O) groups is 1. The smallest absolute Gasteiger partial charge is 0.200 e. The van der Waals surface area contributed by atoms with Crippen LogP contribution in [0.5, 0.6) is 5.75 Å². The summed E-state index contributed by atoms with van der Waals surface area (Å²) in [7, 11) is 0. The molecule has 2 rings (SSSR count). The minimum Gasteiger partial charge on any atom is -0.465 e. The molecule has 82 valence electrons. The van der Waals surface area contributed by atoms with E-state index in [2.05, 4.69) is 0 Å². The molecule has 16 heavy (non-hydrogen) atoms. The summed E-state index contributed by atoms with van der Waals surface area (Å²) in [5, 5.41) is 8.62. The molecule has 1 aliphatic rings. The Morgan fingerprint density at radius 3 is 2.69 bits per heavy atom. The highest BCUT2D eigenvalue weighted by molar-refractivity contribution is 5.56. The zero-order chi connectivity index (χ0) is 11.4. The Morgan fingerprint density at radius 2 is 2.12 bits per heavy atom. The molecule has 1 aromatic rings. The van der Waals surface area contributed by atoms with E-state index < -0.39 is 0 Å². The van der Waals surface area contributed by atoms with E-state index in [0.29, 0.717) is 24.2 Å². The average molecular weight is 217 g/mol. The summed E-state index contributed by atoms with van der Waals surface area (Å²) >= 11 is 0. The maximum absolute atomic E-state index is 10.5. The van der Waals surface area contributed by atoms with Gasteiger partial charge in [-0.05, 0) is 30.7 Å². The zero-order valence-electron chi connectivity index (χ0n) is 8.63. The normalized spacial score (nSPS) is 23.7. The Labute approximate surface area is 93.4 Å². The van der Waals surface area contributed by atoms with Crippen LogP contribution in [0.15, 0.2) is 24.3 Å². The summed E-state index contributed by atoms with van der Waals surface area (Å²) in [4.78, 5) is 10.5. The predicted molar refractivity (Wildman–Crippen MR) is 55.7 cm³/mol. The third kappa shape index (κ3) is 2.38. The fourth-order valence-corrected chi connectivity index (χ4v) is 1.58. The second kappa shape index (κ2) is 4.77. The molecule has 4 nitrogen and oxygen atoms in total. The second-order valence-corrected chi connectivity index (χ2v) is 3.57. The van der Waals surface area contributed by atoms with E-state index in [0.717, 1.165) is 6.29 Å². The molecule has 0 saturated carbocycles. The van der Waals surface area contributed by atoms with Gasteiger partial charge >= 0.3 is 0 Å². The van der Waals surface area contributed by atoms with Gasteiger partial charge in [0, 0.05) is 6.42 Å². The van der Waals surface area contributed by atoms with Crippen molar-refractivity contribution in [2.45, 2.75) is 25.2 Å². The minimum atomic E-state index is -0.358. The van der Waals surface area contributed by atoms with Crippen molar-refractivity contribution in [2.24, 2.45) is 0 Å². The van der Waals surface area contributed by atoms with Crippen molar-refractivity contribution in [1.29, 1.82) is 5.26 Å². The number of benzene rings is 1. The Balaban J connectivity index is 1.94. The summed E-state index contributed by atoms with van der Waals surface area (Å²) in [6, 6.07) is 8.83. The molecule has 2 unspecified atom stereocenters. The zero-order valence-corrected chi connectivity index (χ0v) is 8.63. The molecule has 1 fully saturated rings. The van der Waals surface area contributed by atoms with Gasteiger partial charge in [-0.1, -0.05) is 0 Å². The number of rotatable bonds is 3. The van der Waals surface area contributed by atoms with Crippen molar-refractivity contribution in [3.8, 4) is 11.8 Å². The molecule has 1 saturated heterocycles. The predicted octanol–water partition coefficient (Wildman–Crippen LogP) is 1.64. The van der Waals surface area contributed by atoms with E-state index in [1.807, 2.05) is 6.07 Å². The van der Waals surface area contributed by atoms with Crippen LogP contribution in [0.3, 0.4) is 0 Å². The van der Waals surface area contributed by atoms with Crippen LogP contribution in [0.2, 0.25) is 0 Å². The first kappa shape index (κ1) is 10.7. The number of carbonyl (C=O) groups excluding carboxylic acids is 1. The standard InChI is InChI=1S/C12H11NO3/c13-7-9-1-3-10(4-2-9)15-12-6-5-11(8-14)16-12/h1-4,8,11-12H,5-6H2. The van der Waals surface area contributed by atoms with Gasteiger partial charge in [-0.15, -0.1) is 0 Å². The maximum Gasteiger partial charge on any atom is 0.200 e. The van der Waals surface area contributed by atoms with E-state index in [9.17, 15) is 4.79 Å². The van der Waals surface area contributed by atoms with Crippen molar-refractivity contribution in [3.05, 3.63) is 29.8 Å². The number of nitriles is 1. The Bertz CT molecular complexity index is 407. The number of nitrogens with zero attached hydrogens (tertiary/aromatic N) is 1. The third-order valence-corrected chi connectivity index (χ3v) is 2.42. The van der Waals surface area contributed by atoms with E-state index in [4.69, 9.17) is 14.7 Å². The minimum absolute atomic E-state index is 0.344. The van der Waals surface area contributed by atoms with Crippen LogP contribution in [0.4, 0.5) is 0 Å². The fourth-order valence-electron chi connectivity index (χ4n) is 1.58. The lowest BCUT2D eigenvalue weighted by molar-refractivity contribution is -0.125. The summed E-state index contributed by atoms with van der Waals surface area (Å²) < 4.78 is 10.8. The largest absolute Gasteiger partial charge is 0.465 e. The lowest BCUT2D eigenvalue weighted by Gasteiger charge is -2.13. The average Bonchev–Trinajstić information content (AvgIpc) is 2.78. The van der Waals surface area contributed by atoms with Gasteiger partial charge in [-0.2, -0.15) is 5.26 Å². The molecule has 4 heteroatoms. The maximum atomic E-state index is 10.5. The Morgan fingerprint density at radius 1 is 1.38 bits per heavy atom. The van der Waals surface area contributed by atoms with Gasteiger partial charge in [-0.3, -0.25) is 0 Å². The molecule has 2 atom stereocenters. The number of ether oxygens (including phenoxy) is 2. The van der Waals surface area contributed by atoms with Crippen LogP contribution < -0.4 is 4.74 Å². The van der Waals surface area contributed by atoms with Crippen molar-refractivity contribution in [2.75, 3.05) is 0 Å². The van der Waals surface area contributed by atoms with E-state index in [1.54, 1.807) is 24.3 Å². The SMILES string of the molecule is N#Cc1ccc(OC2CCC(C=O)O2)cc1. The van der Waals surface area contributed by atoms with Crippen LogP contribution in [0, 0.1) is 11.3 Å². The molecule has 0 aliphatic carbocycles. The molecule has 0 amide bonds. The van der Waals surface area contributed by atoms with E-state index >= 15 is 0 Å². The van der Waals surface area contributed by atoms with Crippen LogP contribution in [-0.2, 0) is 9.53 Å². The summed E-state index contributed by atoms with van der Waals surface area (Å²) in [5.74, 6) is 0.649. The highest BCUT2D eigenvalue weighted by Gasteiger charge is 2.25. The molecular weight excluding hydrogens is 206 g/mol. The van der Waals surface area contributed by atoms with E-state index in [1.165, 1.54) is 0 Å². The van der Waals surface area contributed by atoms with Crippen LogP contribution in [-0.4, -0.2) is 18.7 Å². The summed E-state index contributed by atoms with van der Waals surface area (Å²) in [6.07, 6.45) is 1.50. The molecule has 0 aromatic heterocycles. The van der Waals surface area contributed by atoms with Crippen LogP contribution in [0.25, 0.3) is 0 Å². The van der Waals surface area contributed by atoms with Crippen LogP contribution >= 0.6 is 0 Å². The first-order valence-electron chi connectivity index (χ1n) is 5.09. The van der Waals surface area contributed by atoms with Gasteiger partial charge in [0.05, 0.1) is 11.6 Å². The Kier molecular flexibility index (Phi) is 3.18. The fraction of sp³-hybridized carbons (Fsp3) is 0.333. The molecule has 1 aromatic carbocycles. The lowest BCUT2D eigenvalue weighted by Crippen LogP contribution is -2.17.